The monoisotopic (exact) mass is 724 g/mol. The van der Waals surface area contributed by atoms with Crippen LogP contribution in [0.1, 0.15) is 76.3 Å². The fourth-order valence-electron chi connectivity index (χ4n) is 6.79. The number of carbonyl (C=O) groups excluding carboxylic acids is 2. The van der Waals surface area contributed by atoms with Crippen LogP contribution >= 0.6 is 0 Å². The summed E-state index contributed by atoms with van der Waals surface area (Å²) < 4.78 is 28.6. The van der Waals surface area contributed by atoms with Gasteiger partial charge in [-0.15, -0.1) is 12.3 Å². The van der Waals surface area contributed by atoms with Gasteiger partial charge < -0.3 is 25.7 Å². The van der Waals surface area contributed by atoms with E-state index in [1.54, 1.807) is 0 Å². The molecule has 0 aliphatic heterocycles. The smallest absolute Gasteiger partial charge is 0.243 e. The van der Waals surface area contributed by atoms with Crippen LogP contribution in [0.5, 0.6) is 0 Å². The fourth-order valence-corrected chi connectivity index (χ4v) is 8.18. The molecule has 0 saturated heterocycles. The van der Waals surface area contributed by atoms with Crippen LogP contribution in [0.15, 0.2) is 60.7 Å². The first-order valence-electron chi connectivity index (χ1n) is 18.4. The van der Waals surface area contributed by atoms with Crippen LogP contribution in [0.3, 0.4) is 0 Å². The highest BCUT2D eigenvalue weighted by atomic mass is 32.2. The lowest BCUT2D eigenvalue weighted by Crippen LogP contribution is -2.56. The molecule has 0 unspecified atom stereocenters. The van der Waals surface area contributed by atoms with Crippen molar-refractivity contribution in [2.75, 3.05) is 32.9 Å². The third-order valence-corrected chi connectivity index (χ3v) is 11.7. The zero-order valence-electron chi connectivity index (χ0n) is 30.9. The first-order valence-corrected chi connectivity index (χ1v) is 20.0. The largest absolute Gasteiger partial charge is 0.390 e. The van der Waals surface area contributed by atoms with Gasteiger partial charge in [-0.3, -0.25) is 9.59 Å². The molecule has 1 aliphatic carbocycles. The molecule has 0 spiro atoms. The van der Waals surface area contributed by atoms with E-state index in [0.717, 1.165) is 43.2 Å². The number of hydrogen-bond acceptors (Lipinski definition) is 7. The van der Waals surface area contributed by atoms with Crippen molar-refractivity contribution >= 4 is 21.8 Å². The molecule has 0 aromatic heterocycles. The van der Waals surface area contributed by atoms with Gasteiger partial charge in [0.15, 0.2) is 0 Å². The van der Waals surface area contributed by atoms with Crippen molar-refractivity contribution in [3.8, 4) is 12.3 Å². The maximum atomic E-state index is 13.9. The van der Waals surface area contributed by atoms with E-state index in [4.69, 9.17) is 6.42 Å². The van der Waals surface area contributed by atoms with Gasteiger partial charge in [0.1, 0.15) is 12.1 Å². The van der Waals surface area contributed by atoms with E-state index < -0.39 is 57.8 Å². The summed E-state index contributed by atoms with van der Waals surface area (Å²) in [4.78, 5) is 29.8. The van der Waals surface area contributed by atoms with Crippen molar-refractivity contribution in [1.82, 2.24) is 19.8 Å². The Hall–Kier alpha value is -3.27. The number of hydrogen-bond donors (Lipinski definition) is 4. The molecule has 10 nitrogen and oxygen atoms in total. The molecule has 2 amide bonds. The molecular formula is C40H60N4O6S. The number of aliphatic hydroxyl groups is 2. The van der Waals surface area contributed by atoms with Gasteiger partial charge in [-0.2, -0.15) is 0 Å². The Balaban J connectivity index is 1.75. The van der Waals surface area contributed by atoms with Gasteiger partial charge in [0.25, 0.3) is 0 Å². The van der Waals surface area contributed by atoms with Gasteiger partial charge in [-0.1, -0.05) is 107 Å². The summed E-state index contributed by atoms with van der Waals surface area (Å²) in [6.07, 6.45) is 9.60. The van der Waals surface area contributed by atoms with E-state index in [2.05, 4.69) is 16.6 Å². The lowest BCUT2D eigenvalue weighted by atomic mass is 9.82. The van der Waals surface area contributed by atoms with Crippen molar-refractivity contribution < 1.29 is 28.2 Å². The van der Waals surface area contributed by atoms with Gasteiger partial charge in [0.2, 0.25) is 21.8 Å². The lowest BCUT2D eigenvalue weighted by Gasteiger charge is -2.33. The number of benzene rings is 2. The molecule has 282 valence electrons. The molecule has 2 aromatic carbocycles. The van der Waals surface area contributed by atoms with Gasteiger partial charge >= 0.3 is 0 Å². The van der Waals surface area contributed by atoms with Crippen LogP contribution in [-0.2, 0) is 32.6 Å². The molecule has 2 aromatic rings. The minimum absolute atomic E-state index is 0.128. The number of sulfonamides is 1. The van der Waals surface area contributed by atoms with E-state index in [1.807, 2.05) is 86.5 Å². The minimum atomic E-state index is -3.88. The van der Waals surface area contributed by atoms with E-state index in [1.165, 1.54) is 11.4 Å². The molecule has 1 aliphatic rings. The average molecular weight is 725 g/mol. The minimum Gasteiger partial charge on any atom is -0.390 e. The molecule has 3 rings (SSSR count). The number of aliphatic hydroxyl groups excluding tert-OH is 2. The number of amides is 2. The summed E-state index contributed by atoms with van der Waals surface area (Å²) in [5.74, 6) is 0.264. The van der Waals surface area contributed by atoms with Crippen LogP contribution < -0.4 is 10.6 Å². The second-order valence-corrected chi connectivity index (χ2v) is 16.8. The number of rotatable bonds is 21. The van der Waals surface area contributed by atoms with Crippen molar-refractivity contribution in [2.24, 2.45) is 17.8 Å². The van der Waals surface area contributed by atoms with Crippen LogP contribution in [0.25, 0.3) is 0 Å². The maximum Gasteiger partial charge on any atom is 0.243 e. The van der Waals surface area contributed by atoms with Crippen LogP contribution in [0.2, 0.25) is 0 Å². The third kappa shape index (κ3) is 14.7. The highest BCUT2D eigenvalue weighted by Gasteiger charge is 2.35. The van der Waals surface area contributed by atoms with Crippen molar-refractivity contribution in [1.29, 1.82) is 0 Å². The maximum absolute atomic E-state index is 13.9. The first kappa shape index (κ1) is 42.1. The molecule has 0 heterocycles. The van der Waals surface area contributed by atoms with Crippen molar-refractivity contribution in [3.63, 3.8) is 0 Å². The Bertz CT molecular complexity index is 1480. The topological polar surface area (TPSA) is 139 Å². The molecular weight excluding hydrogens is 665 g/mol. The van der Waals surface area contributed by atoms with Gasteiger partial charge in [-0.25, -0.2) is 12.7 Å². The Labute approximate surface area is 306 Å². The molecule has 11 heteroatoms. The fraction of sp³-hybridized carbons (Fsp3) is 0.600. The summed E-state index contributed by atoms with van der Waals surface area (Å²) in [5, 5.41) is 27.7. The predicted molar refractivity (Wildman–Crippen MR) is 203 cm³/mol. The second kappa shape index (κ2) is 21.3. The highest BCUT2D eigenvalue weighted by Crippen LogP contribution is 2.29. The third-order valence-electron chi connectivity index (χ3n) is 9.79. The zero-order chi connectivity index (χ0) is 37.4. The Morgan fingerprint density at radius 2 is 1.51 bits per heavy atom. The number of carbonyl (C=O) groups is 2. The number of nitrogens with zero attached hydrogens (tertiary/aromatic N) is 2. The predicted octanol–water partition coefficient (Wildman–Crippen LogP) is 3.97. The van der Waals surface area contributed by atoms with E-state index in [9.17, 15) is 28.2 Å². The van der Waals surface area contributed by atoms with Crippen LogP contribution in [0, 0.1) is 30.1 Å². The van der Waals surface area contributed by atoms with Crippen LogP contribution in [0.4, 0.5) is 0 Å². The van der Waals surface area contributed by atoms with Crippen LogP contribution in [-0.4, -0.2) is 96.9 Å². The number of terminal acetylenes is 1. The quantitative estimate of drug-likeness (QED) is 0.143. The highest BCUT2D eigenvalue weighted by molar-refractivity contribution is 7.89. The molecule has 51 heavy (non-hydrogen) atoms. The van der Waals surface area contributed by atoms with E-state index in [0.29, 0.717) is 31.8 Å². The standard InChI is InChI=1S/C40H60N4O6S/c1-6-16-35(40(48)42-36(27-32-19-12-8-13-20-32)38(46)37(45)25-30(2)3)41-39(47)34(26-31-17-10-7-11-18-31)29-51(49,50)44(5)24-23-43(4)28-33-21-14-9-15-22-33/h1,7,9-11,14-15,17-18,21-22,30,32,34-38,45-46H,8,12-13,16,19-20,23-29H2,2-5H3,(H,41,47)(H,42,48)/t34-,35-,36-,37-,38+/m0/s1. The Kier molecular flexibility index (Phi) is 17.6. The zero-order valence-corrected chi connectivity index (χ0v) is 31.7. The summed E-state index contributed by atoms with van der Waals surface area (Å²) in [5.41, 5.74) is 1.91. The summed E-state index contributed by atoms with van der Waals surface area (Å²) in [6, 6.07) is 17.2. The first-order chi connectivity index (χ1) is 24.3. The molecule has 5 atom stereocenters. The van der Waals surface area contributed by atoms with Crippen molar-refractivity contribution in [2.45, 2.75) is 102 Å². The molecule has 1 fully saturated rings. The number of likely N-dealkylation sites (N-methyl/N-ethyl adjacent to an activating group) is 2. The van der Waals surface area contributed by atoms with Gasteiger partial charge in [-0.05, 0) is 49.3 Å². The second-order valence-electron chi connectivity index (χ2n) is 14.7. The normalized spacial score (nSPS) is 17.0. The van der Waals surface area contributed by atoms with E-state index >= 15 is 0 Å². The van der Waals surface area contributed by atoms with Gasteiger partial charge in [0.05, 0.1) is 23.8 Å². The molecule has 0 bridgehead atoms. The van der Waals surface area contributed by atoms with Crippen molar-refractivity contribution in [3.05, 3.63) is 71.8 Å². The molecule has 1 saturated carbocycles. The summed E-state index contributed by atoms with van der Waals surface area (Å²) in [6.45, 7) is 5.31. The average Bonchev–Trinajstić information content (AvgIpc) is 3.10. The lowest BCUT2D eigenvalue weighted by molar-refractivity contribution is -0.132. The SMILES string of the molecule is C#CC[C@H](NC(=O)[C@@H](Cc1ccccc1)CS(=O)(=O)N(C)CCN(C)Cc1ccccc1)C(=O)N[C@@H](CC1CCCCC1)[C@@H](O)[C@@H](O)CC(C)C. The van der Waals surface area contributed by atoms with Gasteiger partial charge in [0, 0.05) is 33.1 Å². The Morgan fingerprint density at radius 1 is 0.902 bits per heavy atom. The summed E-state index contributed by atoms with van der Waals surface area (Å²) in [7, 11) is -0.436. The Morgan fingerprint density at radius 3 is 2.10 bits per heavy atom. The summed E-state index contributed by atoms with van der Waals surface area (Å²) >= 11 is 0. The molecule has 4 N–H and O–H groups in total. The van der Waals surface area contributed by atoms with E-state index in [-0.39, 0.29) is 25.3 Å². The molecule has 0 radical (unpaired) electrons. The number of nitrogens with one attached hydrogen (secondary N) is 2.